The molecule has 0 aromatic carbocycles. The van der Waals surface area contributed by atoms with E-state index in [9.17, 15) is 0 Å². The van der Waals surface area contributed by atoms with Gasteiger partial charge in [0.25, 0.3) is 0 Å². The molecule has 7 heteroatoms. The van der Waals surface area contributed by atoms with Crippen LogP contribution in [0, 0.1) is 5.92 Å². The molecule has 1 fully saturated rings. The molecule has 1 aliphatic rings. The molecule has 5 nitrogen and oxygen atoms in total. The fraction of sp³-hybridized carbons (Fsp3) is 0.647. The Morgan fingerprint density at radius 3 is 2.88 bits per heavy atom. The standard InChI is InChI=1S/C17H27ClN4O.HI/c1-2-19-17(20-9-3-11-23-13-15-4-5-15)21-10-8-14-6-7-16(18)22-12-14;/h6-7,12,15H,2-5,8-11,13H2,1H3,(H2,19,20,21);1H. The summed E-state index contributed by atoms with van der Waals surface area (Å²) in [7, 11) is 0. The van der Waals surface area contributed by atoms with E-state index in [0.717, 1.165) is 63.1 Å². The van der Waals surface area contributed by atoms with Gasteiger partial charge in [-0.25, -0.2) is 4.98 Å². The summed E-state index contributed by atoms with van der Waals surface area (Å²) in [6.07, 6.45) is 6.35. The first-order valence-electron chi connectivity index (χ1n) is 8.48. The summed E-state index contributed by atoms with van der Waals surface area (Å²) in [5.41, 5.74) is 1.16. The van der Waals surface area contributed by atoms with E-state index < -0.39 is 0 Å². The molecule has 136 valence electrons. The van der Waals surface area contributed by atoms with Crippen LogP contribution < -0.4 is 10.6 Å². The Morgan fingerprint density at radius 2 is 2.21 bits per heavy atom. The fourth-order valence-electron chi connectivity index (χ4n) is 2.11. The van der Waals surface area contributed by atoms with Crippen molar-refractivity contribution in [3.8, 4) is 0 Å². The minimum Gasteiger partial charge on any atom is -0.381 e. The molecule has 0 radical (unpaired) electrons. The molecule has 0 atom stereocenters. The van der Waals surface area contributed by atoms with Crippen LogP contribution in [0.5, 0.6) is 0 Å². The van der Waals surface area contributed by atoms with Crippen LogP contribution in [0.15, 0.2) is 23.3 Å². The highest BCUT2D eigenvalue weighted by Crippen LogP contribution is 2.28. The normalized spacial score (nSPS) is 14.2. The first-order chi connectivity index (χ1) is 11.3. The van der Waals surface area contributed by atoms with Crippen molar-refractivity contribution >= 4 is 41.5 Å². The average Bonchev–Trinajstić information content (AvgIpc) is 3.37. The minimum atomic E-state index is 0. The van der Waals surface area contributed by atoms with Gasteiger partial charge in [-0.1, -0.05) is 17.7 Å². The zero-order chi connectivity index (χ0) is 16.3. The third kappa shape index (κ3) is 9.64. The van der Waals surface area contributed by atoms with Crippen molar-refractivity contribution in [3.63, 3.8) is 0 Å². The molecule has 0 spiro atoms. The van der Waals surface area contributed by atoms with E-state index in [2.05, 4.69) is 27.5 Å². The predicted molar refractivity (Wildman–Crippen MR) is 111 cm³/mol. The third-order valence-corrected chi connectivity index (χ3v) is 3.83. The summed E-state index contributed by atoms with van der Waals surface area (Å²) in [6, 6.07) is 3.82. The summed E-state index contributed by atoms with van der Waals surface area (Å²) in [5, 5.41) is 7.13. The lowest BCUT2D eigenvalue weighted by atomic mass is 10.2. The maximum Gasteiger partial charge on any atom is 0.191 e. The van der Waals surface area contributed by atoms with E-state index in [-0.39, 0.29) is 24.0 Å². The lowest BCUT2D eigenvalue weighted by Crippen LogP contribution is -2.38. The number of hydrogen-bond acceptors (Lipinski definition) is 3. The number of nitrogens with zero attached hydrogens (tertiary/aromatic N) is 2. The molecular formula is C17H28ClIN4O. The van der Waals surface area contributed by atoms with Crippen molar-refractivity contribution in [2.24, 2.45) is 10.9 Å². The van der Waals surface area contributed by atoms with E-state index in [1.165, 1.54) is 12.8 Å². The molecule has 1 heterocycles. The fourth-order valence-corrected chi connectivity index (χ4v) is 2.23. The molecule has 0 unspecified atom stereocenters. The Balaban J connectivity index is 0.00000288. The Labute approximate surface area is 167 Å². The zero-order valence-electron chi connectivity index (χ0n) is 14.3. The highest BCUT2D eigenvalue weighted by atomic mass is 127. The molecule has 1 aromatic heterocycles. The third-order valence-electron chi connectivity index (χ3n) is 3.61. The molecule has 24 heavy (non-hydrogen) atoms. The lowest BCUT2D eigenvalue weighted by molar-refractivity contribution is 0.123. The maximum atomic E-state index is 5.79. The number of ether oxygens (including phenoxy) is 1. The first kappa shape index (κ1) is 21.4. The molecular weight excluding hydrogens is 439 g/mol. The van der Waals surface area contributed by atoms with Crippen molar-refractivity contribution in [1.29, 1.82) is 0 Å². The quantitative estimate of drug-likeness (QED) is 0.183. The zero-order valence-corrected chi connectivity index (χ0v) is 17.3. The van der Waals surface area contributed by atoms with Crippen molar-refractivity contribution < 1.29 is 4.74 Å². The largest absolute Gasteiger partial charge is 0.381 e. The van der Waals surface area contributed by atoms with E-state index in [1.807, 2.05) is 18.3 Å². The predicted octanol–water partition coefficient (Wildman–Crippen LogP) is 3.27. The molecule has 2 rings (SSSR count). The van der Waals surface area contributed by atoms with Crippen LogP contribution in [0.3, 0.4) is 0 Å². The van der Waals surface area contributed by atoms with Crippen molar-refractivity contribution in [1.82, 2.24) is 15.6 Å². The number of rotatable bonds is 10. The van der Waals surface area contributed by atoms with Gasteiger partial charge in [0.15, 0.2) is 5.96 Å². The van der Waals surface area contributed by atoms with E-state index >= 15 is 0 Å². The number of aromatic nitrogens is 1. The lowest BCUT2D eigenvalue weighted by Gasteiger charge is -2.11. The molecule has 1 aromatic rings. The van der Waals surface area contributed by atoms with Gasteiger partial charge in [-0.2, -0.15) is 0 Å². The number of hydrogen-bond donors (Lipinski definition) is 2. The van der Waals surface area contributed by atoms with Gasteiger partial charge in [0.1, 0.15) is 5.15 Å². The van der Waals surface area contributed by atoms with E-state index in [1.54, 1.807) is 0 Å². The van der Waals surface area contributed by atoms with Crippen molar-refractivity contribution in [2.45, 2.75) is 32.6 Å². The van der Waals surface area contributed by atoms with Crippen LogP contribution in [-0.2, 0) is 11.2 Å². The van der Waals surface area contributed by atoms with E-state index in [4.69, 9.17) is 16.3 Å². The first-order valence-corrected chi connectivity index (χ1v) is 8.86. The molecule has 1 saturated carbocycles. The molecule has 2 N–H and O–H groups in total. The van der Waals surface area contributed by atoms with Gasteiger partial charge in [0.05, 0.1) is 0 Å². The van der Waals surface area contributed by atoms with Gasteiger partial charge >= 0.3 is 0 Å². The van der Waals surface area contributed by atoms with Gasteiger partial charge in [0.2, 0.25) is 0 Å². The summed E-state index contributed by atoms with van der Waals surface area (Å²) in [4.78, 5) is 8.65. The number of pyridine rings is 1. The second-order valence-electron chi connectivity index (χ2n) is 5.80. The molecule has 0 saturated heterocycles. The van der Waals surface area contributed by atoms with Crippen LogP contribution in [-0.4, -0.2) is 43.8 Å². The van der Waals surface area contributed by atoms with Crippen LogP contribution in [0.1, 0.15) is 31.7 Å². The second kappa shape index (κ2) is 12.7. The summed E-state index contributed by atoms with van der Waals surface area (Å²) >= 11 is 5.79. The molecule has 0 bridgehead atoms. The molecule has 1 aliphatic carbocycles. The van der Waals surface area contributed by atoms with Crippen molar-refractivity contribution in [3.05, 3.63) is 29.0 Å². The summed E-state index contributed by atoms with van der Waals surface area (Å²) in [5.74, 6) is 1.69. The Bertz CT molecular complexity index is 480. The van der Waals surface area contributed by atoms with Gasteiger partial charge < -0.3 is 15.4 Å². The topological polar surface area (TPSA) is 58.5 Å². The number of halogens is 2. The number of aliphatic imine (C=N–C) groups is 1. The second-order valence-corrected chi connectivity index (χ2v) is 6.19. The molecule has 0 amide bonds. The van der Waals surface area contributed by atoms with Gasteiger partial charge in [-0.15, -0.1) is 24.0 Å². The molecule has 0 aliphatic heterocycles. The smallest absolute Gasteiger partial charge is 0.191 e. The van der Waals surface area contributed by atoms with Gasteiger partial charge in [0, 0.05) is 39.0 Å². The highest BCUT2D eigenvalue weighted by Gasteiger charge is 2.20. The average molecular weight is 467 g/mol. The Hall–Kier alpha value is -0.600. The number of guanidine groups is 1. The summed E-state index contributed by atoms with van der Waals surface area (Å²) < 4.78 is 5.62. The maximum absolute atomic E-state index is 5.79. The minimum absolute atomic E-state index is 0. The van der Waals surface area contributed by atoms with Gasteiger partial charge in [-0.05, 0) is 50.2 Å². The summed E-state index contributed by atoms with van der Waals surface area (Å²) in [6.45, 7) is 6.24. The highest BCUT2D eigenvalue weighted by molar-refractivity contribution is 14.0. The van der Waals surface area contributed by atoms with Crippen LogP contribution in [0.4, 0.5) is 0 Å². The van der Waals surface area contributed by atoms with Crippen LogP contribution in [0.25, 0.3) is 0 Å². The number of nitrogens with one attached hydrogen (secondary N) is 2. The SMILES string of the molecule is CCNC(=NCCCOCC1CC1)NCCc1ccc(Cl)nc1.I. The van der Waals surface area contributed by atoms with E-state index in [0.29, 0.717) is 5.15 Å². The monoisotopic (exact) mass is 466 g/mol. The van der Waals surface area contributed by atoms with Crippen LogP contribution >= 0.6 is 35.6 Å². The van der Waals surface area contributed by atoms with Crippen molar-refractivity contribution in [2.75, 3.05) is 32.8 Å². The Morgan fingerprint density at radius 1 is 1.38 bits per heavy atom. The Kier molecular flexibility index (Phi) is 11.4. The van der Waals surface area contributed by atoms with Crippen LogP contribution in [0.2, 0.25) is 5.15 Å². The van der Waals surface area contributed by atoms with Gasteiger partial charge in [-0.3, -0.25) is 4.99 Å².